The zero-order chi connectivity index (χ0) is 23.4. The quantitative estimate of drug-likeness (QED) is 0.360. The predicted molar refractivity (Wildman–Crippen MR) is 124 cm³/mol. The molecule has 1 unspecified atom stereocenters. The van der Waals surface area contributed by atoms with Gasteiger partial charge in [-0.3, -0.25) is 9.59 Å². The second-order valence-electron chi connectivity index (χ2n) is 7.96. The van der Waals surface area contributed by atoms with Gasteiger partial charge in [0, 0.05) is 28.3 Å². The Morgan fingerprint density at radius 2 is 1.59 bits per heavy atom. The van der Waals surface area contributed by atoms with Crippen LogP contribution in [0, 0.1) is 0 Å². The zero-order valence-corrected chi connectivity index (χ0v) is 18.3. The van der Waals surface area contributed by atoms with E-state index in [1.807, 2.05) is 0 Å². The third-order valence-corrected chi connectivity index (χ3v) is 6.15. The molecular formula is C27H15ClNO5+. The predicted octanol–water partition coefficient (Wildman–Crippen LogP) is 3.29. The fraction of sp³-hybridized carbons (Fsp3) is 0.0370. The number of esters is 1. The van der Waals surface area contributed by atoms with Crippen LogP contribution in [0.25, 0.3) is 0 Å². The van der Waals surface area contributed by atoms with E-state index in [-0.39, 0.29) is 39.5 Å². The van der Waals surface area contributed by atoms with E-state index in [1.54, 1.807) is 72.8 Å². The van der Waals surface area contributed by atoms with Crippen LogP contribution in [-0.2, 0) is 0 Å². The van der Waals surface area contributed by atoms with Gasteiger partial charge in [0.1, 0.15) is 11.3 Å². The lowest BCUT2D eigenvalue weighted by Gasteiger charge is -2.25. The van der Waals surface area contributed by atoms with Crippen LogP contribution in [0.2, 0.25) is 0 Å². The van der Waals surface area contributed by atoms with Crippen molar-refractivity contribution in [3.8, 4) is 11.5 Å². The summed E-state index contributed by atoms with van der Waals surface area (Å²) in [5.41, 5.74) is 2.01. The second kappa shape index (κ2) is 7.64. The number of carbonyl (C=O) groups excluding carboxylic acids is 3. The number of halogens is 1. The number of allylic oxidation sites excluding steroid dienone is 2. The molecule has 0 radical (unpaired) electrons. The summed E-state index contributed by atoms with van der Waals surface area (Å²) in [5.74, 6) is -1.18. The molecule has 0 spiro atoms. The van der Waals surface area contributed by atoms with Gasteiger partial charge in [-0.25, -0.2) is 9.79 Å². The smallest absolute Gasteiger partial charge is 0.343 e. The molecule has 1 N–H and O–H groups in total. The molecule has 0 saturated heterocycles. The Bertz CT molecular complexity index is 1520. The van der Waals surface area contributed by atoms with Gasteiger partial charge >= 0.3 is 5.97 Å². The number of ether oxygens (including phenoxy) is 2. The minimum Gasteiger partial charge on any atom is -0.468 e. The average molecular weight is 469 g/mol. The van der Waals surface area contributed by atoms with Gasteiger partial charge in [0.15, 0.2) is 11.5 Å². The molecule has 1 aliphatic heterocycles. The number of hydrogen-bond donors (Lipinski definition) is 1. The van der Waals surface area contributed by atoms with Crippen molar-refractivity contribution in [3.63, 3.8) is 0 Å². The lowest BCUT2D eigenvalue weighted by molar-refractivity contribution is -0.362. The normalized spacial score (nSPS) is 17.4. The van der Waals surface area contributed by atoms with Crippen LogP contribution < -0.4 is 14.5 Å². The lowest BCUT2D eigenvalue weighted by atomic mass is 9.82. The molecule has 2 aliphatic carbocycles. The number of carbonyl (C=O) groups is 3. The maximum absolute atomic E-state index is 13.6. The number of hydrogen-bond acceptors (Lipinski definition) is 5. The zero-order valence-electron chi connectivity index (χ0n) is 17.5. The van der Waals surface area contributed by atoms with E-state index in [9.17, 15) is 14.4 Å². The summed E-state index contributed by atoms with van der Waals surface area (Å²) >= 11 is 6.13. The molecule has 0 aromatic heterocycles. The molecule has 3 aromatic carbocycles. The molecule has 6 nitrogen and oxygen atoms in total. The maximum atomic E-state index is 13.6. The fourth-order valence-corrected chi connectivity index (χ4v) is 4.49. The van der Waals surface area contributed by atoms with E-state index in [0.717, 1.165) is 0 Å². The molecular weight excluding hydrogens is 454 g/mol. The van der Waals surface area contributed by atoms with E-state index >= 15 is 0 Å². The van der Waals surface area contributed by atoms with Crippen LogP contribution in [0.1, 0.15) is 42.2 Å². The van der Waals surface area contributed by atoms with Crippen LogP contribution in [0.5, 0.6) is 11.5 Å². The Morgan fingerprint density at radius 3 is 2.32 bits per heavy atom. The highest BCUT2D eigenvalue weighted by Gasteiger charge is 2.42. The van der Waals surface area contributed by atoms with Crippen LogP contribution >= 0.6 is 11.6 Å². The highest BCUT2D eigenvalue weighted by atomic mass is 35.5. The fourth-order valence-electron chi connectivity index (χ4n) is 4.31. The van der Waals surface area contributed by atoms with Crippen LogP contribution in [0.15, 0.2) is 83.9 Å². The van der Waals surface area contributed by atoms with Gasteiger partial charge in [-0.05, 0) is 24.3 Å². The van der Waals surface area contributed by atoms with E-state index in [0.29, 0.717) is 22.0 Å². The van der Waals surface area contributed by atoms with Gasteiger partial charge in [0.2, 0.25) is 17.6 Å². The standard InChI is InChI=1S/C27H14ClNO5/c28-15-10-11-18-19(12-15)33-21-13-20(34-27(32)14-6-2-1-3-7-14)22-23(24(21)29-18)26(31)17-9-5-4-8-16(17)25(22)30/h1-13,19H/p+1. The molecule has 0 fully saturated rings. The first-order chi connectivity index (χ1) is 16.5. The number of ketones is 2. The molecule has 1 atom stereocenters. The first-order valence-electron chi connectivity index (χ1n) is 10.5. The number of fused-ring (bicyclic) bond motifs is 5. The third kappa shape index (κ3) is 3.11. The van der Waals surface area contributed by atoms with E-state index in [2.05, 4.69) is 4.99 Å². The first-order valence-corrected chi connectivity index (χ1v) is 10.9. The van der Waals surface area contributed by atoms with Crippen molar-refractivity contribution in [2.24, 2.45) is 0 Å². The Kier molecular flexibility index (Phi) is 4.57. The first kappa shape index (κ1) is 20.3. The molecule has 0 saturated carbocycles. The van der Waals surface area contributed by atoms with Crippen LogP contribution in [0.4, 0.5) is 5.69 Å². The largest absolute Gasteiger partial charge is 0.468 e. The van der Waals surface area contributed by atoms with E-state index in [1.165, 1.54) is 6.07 Å². The summed E-state index contributed by atoms with van der Waals surface area (Å²) in [5, 5.41) is 0.507. The maximum Gasteiger partial charge on any atom is 0.343 e. The molecule has 1 heterocycles. The Labute approximate surface area is 198 Å². The highest BCUT2D eigenvalue weighted by molar-refractivity contribution is 6.32. The number of rotatable bonds is 2. The molecule has 3 aliphatic rings. The molecule has 34 heavy (non-hydrogen) atoms. The Morgan fingerprint density at radius 1 is 0.912 bits per heavy atom. The summed E-state index contributed by atoms with van der Waals surface area (Å²) in [6.45, 7) is 0. The van der Waals surface area contributed by atoms with Gasteiger partial charge in [-0.15, -0.1) is 0 Å². The van der Waals surface area contributed by atoms with Gasteiger partial charge in [-0.2, -0.15) is 0 Å². The molecule has 164 valence electrons. The number of nitrogens with one attached hydrogen (secondary N) is 1. The Hall–Kier alpha value is -4.29. The van der Waals surface area contributed by atoms with Crippen molar-refractivity contribution in [1.29, 1.82) is 0 Å². The van der Waals surface area contributed by atoms with Crippen molar-refractivity contribution in [2.45, 2.75) is 6.10 Å². The van der Waals surface area contributed by atoms with Crippen molar-refractivity contribution >= 4 is 40.5 Å². The molecule has 0 bridgehead atoms. The van der Waals surface area contributed by atoms with Crippen LogP contribution in [0.3, 0.4) is 0 Å². The van der Waals surface area contributed by atoms with Crippen molar-refractivity contribution < 1.29 is 28.8 Å². The van der Waals surface area contributed by atoms with Gasteiger partial charge < -0.3 is 9.47 Å². The van der Waals surface area contributed by atoms with Crippen molar-refractivity contribution in [3.05, 3.63) is 112 Å². The minimum atomic E-state index is -0.651. The van der Waals surface area contributed by atoms with Crippen LogP contribution in [-0.4, -0.2) is 29.4 Å². The van der Waals surface area contributed by atoms with E-state index in [4.69, 9.17) is 21.1 Å². The monoisotopic (exact) mass is 468 g/mol. The summed E-state index contributed by atoms with van der Waals surface area (Å²) in [6, 6.07) is 16.5. The van der Waals surface area contributed by atoms with Crippen molar-refractivity contribution in [1.82, 2.24) is 0 Å². The molecule has 3 aromatic rings. The summed E-state index contributed by atoms with van der Waals surface area (Å²) in [4.78, 5) is 43.2. The number of benzene rings is 3. The van der Waals surface area contributed by atoms with Crippen molar-refractivity contribution in [2.75, 3.05) is 0 Å². The average Bonchev–Trinajstić information content (AvgIpc) is 2.86. The Balaban J connectivity index is 1.57. The highest BCUT2D eigenvalue weighted by Crippen LogP contribution is 2.42. The van der Waals surface area contributed by atoms with E-state index < -0.39 is 17.9 Å². The van der Waals surface area contributed by atoms with Gasteiger partial charge in [0.05, 0.1) is 11.1 Å². The second-order valence-corrected chi connectivity index (χ2v) is 8.40. The van der Waals surface area contributed by atoms with Gasteiger partial charge in [0.25, 0.3) is 5.69 Å². The minimum absolute atomic E-state index is 0.0234. The molecule has 0 amide bonds. The molecule has 6 rings (SSSR count). The third-order valence-electron chi connectivity index (χ3n) is 5.90. The SMILES string of the molecule is O=C(Oc1cc2c(c3c1C(=O)c1ccccc1C3=O)[NH+]=C1C=CC(Cl)=CC1O2)c1ccccc1. The van der Waals surface area contributed by atoms with Gasteiger partial charge in [-0.1, -0.05) is 54.1 Å². The summed E-state index contributed by atoms with van der Waals surface area (Å²) < 4.78 is 11.8. The summed E-state index contributed by atoms with van der Waals surface area (Å²) in [7, 11) is 0. The molecule has 7 heteroatoms. The topological polar surface area (TPSA) is 83.6 Å². The lowest BCUT2D eigenvalue weighted by Crippen LogP contribution is -2.72. The summed E-state index contributed by atoms with van der Waals surface area (Å²) in [6.07, 6.45) is 4.67.